The fourth-order valence-electron chi connectivity index (χ4n) is 1.71. The largest absolute Gasteiger partial charge is 0.317 e. The van der Waals surface area contributed by atoms with Gasteiger partial charge in [0.15, 0.2) is 0 Å². The predicted molar refractivity (Wildman–Crippen MR) is 80.7 cm³/mol. The lowest BCUT2D eigenvalue weighted by molar-refractivity contribution is 0.237. The van der Waals surface area contributed by atoms with Crippen molar-refractivity contribution in [2.75, 3.05) is 20.1 Å². The van der Waals surface area contributed by atoms with Gasteiger partial charge in [-0.2, -0.15) is 0 Å². The molecule has 0 aromatic carbocycles. The standard InChI is InChI=1S/C13H23BrN2S/c1-4-6-15-7-5-11(2)16(3)9-12-8-13(14)17-10-12/h8,10-11,15H,4-7,9H2,1-3H3. The average molecular weight is 319 g/mol. The van der Waals surface area contributed by atoms with Crippen molar-refractivity contribution in [2.45, 2.75) is 39.3 Å². The van der Waals surface area contributed by atoms with Crippen LogP contribution in [0.5, 0.6) is 0 Å². The molecule has 0 saturated carbocycles. The summed E-state index contributed by atoms with van der Waals surface area (Å²) in [6.07, 6.45) is 2.43. The fraction of sp³-hybridized carbons (Fsp3) is 0.692. The molecule has 0 spiro atoms. The van der Waals surface area contributed by atoms with Gasteiger partial charge in [-0.05, 0) is 72.8 Å². The van der Waals surface area contributed by atoms with Gasteiger partial charge in [-0.1, -0.05) is 6.92 Å². The van der Waals surface area contributed by atoms with Crippen molar-refractivity contribution in [3.63, 3.8) is 0 Å². The Morgan fingerprint density at radius 1 is 1.47 bits per heavy atom. The van der Waals surface area contributed by atoms with Gasteiger partial charge in [0, 0.05) is 12.6 Å². The number of thiophene rings is 1. The number of nitrogens with zero attached hydrogens (tertiary/aromatic N) is 1. The van der Waals surface area contributed by atoms with Crippen LogP contribution in [0, 0.1) is 0 Å². The summed E-state index contributed by atoms with van der Waals surface area (Å²) in [5.74, 6) is 0. The second-order valence-corrected chi connectivity index (χ2v) is 6.85. The molecule has 0 aliphatic heterocycles. The Morgan fingerprint density at radius 3 is 2.82 bits per heavy atom. The van der Waals surface area contributed by atoms with Crippen LogP contribution in [0.25, 0.3) is 0 Å². The van der Waals surface area contributed by atoms with Crippen LogP contribution in [0.1, 0.15) is 32.3 Å². The number of nitrogens with one attached hydrogen (secondary N) is 1. The van der Waals surface area contributed by atoms with Crippen molar-refractivity contribution in [3.05, 3.63) is 20.8 Å². The first-order valence-corrected chi connectivity index (χ1v) is 7.94. The summed E-state index contributed by atoms with van der Waals surface area (Å²) < 4.78 is 1.22. The van der Waals surface area contributed by atoms with Gasteiger partial charge in [0.25, 0.3) is 0 Å². The van der Waals surface area contributed by atoms with E-state index >= 15 is 0 Å². The zero-order chi connectivity index (χ0) is 12.7. The Kier molecular flexibility index (Phi) is 7.35. The van der Waals surface area contributed by atoms with Crippen LogP contribution in [0.15, 0.2) is 15.2 Å². The second-order valence-electron chi connectivity index (χ2n) is 4.56. The second kappa shape index (κ2) is 8.25. The summed E-state index contributed by atoms with van der Waals surface area (Å²) in [5, 5.41) is 5.68. The molecule has 1 aromatic rings. The van der Waals surface area contributed by atoms with Gasteiger partial charge in [0.2, 0.25) is 0 Å². The Morgan fingerprint density at radius 2 is 2.24 bits per heavy atom. The summed E-state index contributed by atoms with van der Waals surface area (Å²) in [7, 11) is 2.20. The van der Waals surface area contributed by atoms with Crippen molar-refractivity contribution in [1.82, 2.24) is 10.2 Å². The van der Waals surface area contributed by atoms with Crippen molar-refractivity contribution in [1.29, 1.82) is 0 Å². The quantitative estimate of drug-likeness (QED) is 0.735. The van der Waals surface area contributed by atoms with Gasteiger partial charge in [-0.3, -0.25) is 4.90 Å². The normalized spacial score (nSPS) is 13.2. The SMILES string of the molecule is CCCNCCC(C)N(C)Cc1csc(Br)c1. The molecule has 0 fully saturated rings. The highest BCUT2D eigenvalue weighted by Gasteiger charge is 2.09. The van der Waals surface area contributed by atoms with Crippen molar-refractivity contribution < 1.29 is 0 Å². The maximum Gasteiger partial charge on any atom is 0.0701 e. The van der Waals surface area contributed by atoms with Gasteiger partial charge < -0.3 is 5.32 Å². The zero-order valence-corrected chi connectivity index (χ0v) is 13.4. The Hall–Kier alpha value is 0.100. The van der Waals surface area contributed by atoms with E-state index in [1.54, 1.807) is 11.3 Å². The minimum Gasteiger partial charge on any atom is -0.317 e. The van der Waals surface area contributed by atoms with Gasteiger partial charge >= 0.3 is 0 Å². The minimum atomic E-state index is 0.623. The molecule has 1 N–H and O–H groups in total. The van der Waals surface area contributed by atoms with Crippen LogP contribution in [0.4, 0.5) is 0 Å². The highest BCUT2D eigenvalue weighted by Crippen LogP contribution is 2.22. The third-order valence-electron chi connectivity index (χ3n) is 2.97. The molecule has 0 aliphatic rings. The van der Waals surface area contributed by atoms with Crippen LogP contribution in [0.2, 0.25) is 0 Å². The van der Waals surface area contributed by atoms with E-state index in [9.17, 15) is 0 Å². The van der Waals surface area contributed by atoms with Crippen LogP contribution in [-0.4, -0.2) is 31.1 Å². The summed E-state index contributed by atoms with van der Waals surface area (Å²) in [6.45, 7) is 7.80. The number of hydrogen-bond acceptors (Lipinski definition) is 3. The summed E-state index contributed by atoms with van der Waals surface area (Å²) in [4.78, 5) is 2.42. The van der Waals surface area contributed by atoms with Gasteiger partial charge in [0.05, 0.1) is 3.79 Å². The molecule has 0 saturated heterocycles. The lowest BCUT2D eigenvalue weighted by Crippen LogP contribution is -2.31. The van der Waals surface area contributed by atoms with Crippen LogP contribution in [-0.2, 0) is 6.54 Å². The molecule has 0 radical (unpaired) electrons. The monoisotopic (exact) mass is 318 g/mol. The maximum absolute atomic E-state index is 3.51. The highest BCUT2D eigenvalue weighted by molar-refractivity contribution is 9.11. The zero-order valence-electron chi connectivity index (χ0n) is 11.0. The van der Waals surface area contributed by atoms with Crippen molar-refractivity contribution in [2.24, 2.45) is 0 Å². The van der Waals surface area contributed by atoms with Crippen molar-refractivity contribution in [3.8, 4) is 0 Å². The van der Waals surface area contributed by atoms with E-state index in [2.05, 4.69) is 58.5 Å². The van der Waals surface area contributed by atoms with Gasteiger partial charge in [-0.25, -0.2) is 0 Å². The molecular weight excluding hydrogens is 296 g/mol. The molecule has 1 heterocycles. The first-order chi connectivity index (χ1) is 8.13. The molecule has 0 aliphatic carbocycles. The van der Waals surface area contributed by atoms with E-state index in [1.807, 2.05) is 0 Å². The molecule has 1 aromatic heterocycles. The molecule has 1 unspecified atom stereocenters. The smallest absolute Gasteiger partial charge is 0.0701 e. The van der Waals surface area contributed by atoms with E-state index in [4.69, 9.17) is 0 Å². The molecule has 17 heavy (non-hydrogen) atoms. The average Bonchev–Trinajstić information content (AvgIpc) is 2.70. The number of hydrogen-bond donors (Lipinski definition) is 1. The first kappa shape index (κ1) is 15.2. The lowest BCUT2D eigenvalue weighted by Gasteiger charge is -2.24. The van der Waals surface area contributed by atoms with E-state index in [-0.39, 0.29) is 0 Å². The summed E-state index contributed by atoms with van der Waals surface area (Å²) in [6, 6.07) is 2.83. The third-order valence-corrected chi connectivity index (χ3v) is 4.53. The maximum atomic E-state index is 3.51. The molecule has 2 nitrogen and oxygen atoms in total. The van der Waals surface area contributed by atoms with Crippen LogP contribution in [0.3, 0.4) is 0 Å². The van der Waals surface area contributed by atoms with Gasteiger partial charge in [-0.15, -0.1) is 11.3 Å². The van der Waals surface area contributed by atoms with E-state index < -0.39 is 0 Å². The van der Waals surface area contributed by atoms with E-state index in [0.717, 1.165) is 19.6 Å². The topological polar surface area (TPSA) is 15.3 Å². The minimum absolute atomic E-state index is 0.623. The lowest BCUT2D eigenvalue weighted by atomic mass is 10.2. The molecule has 0 amide bonds. The molecular formula is C13H23BrN2S. The molecule has 0 bridgehead atoms. The number of halogens is 1. The molecule has 4 heteroatoms. The molecule has 98 valence electrons. The van der Waals surface area contributed by atoms with Gasteiger partial charge in [0.1, 0.15) is 0 Å². The molecule has 1 atom stereocenters. The van der Waals surface area contributed by atoms with Crippen molar-refractivity contribution >= 4 is 27.3 Å². The Balaban J connectivity index is 2.24. The first-order valence-electron chi connectivity index (χ1n) is 6.27. The predicted octanol–water partition coefficient (Wildman–Crippen LogP) is 3.72. The van der Waals surface area contributed by atoms with Crippen LogP contribution >= 0.6 is 27.3 Å². The highest BCUT2D eigenvalue weighted by atomic mass is 79.9. The Labute approximate surface area is 118 Å². The van der Waals surface area contributed by atoms with Crippen LogP contribution < -0.4 is 5.32 Å². The molecule has 1 rings (SSSR count). The van der Waals surface area contributed by atoms with E-state index in [1.165, 1.54) is 22.2 Å². The summed E-state index contributed by atoms with van der Waals surface area (Å²) in [5.41, 5.74) is 1.40. The fourth-order valence-corrected chi connectivity index (χ4v) is 2.91. The Bertz CT molecular complexity index is 314. The van der Waals surface area contributed by atoms with E-state index in [0.29, 0.717) is 6.04 Å². The summed E-state index contributed by atoms with van der Waals surface area (Å²) >= 11 is 5.27. The third kappa shape index (κ3) is 6.00. The number of rotatable bonds is 8.